The Bertz CT molecular complexity index is 322. The maximum Gasteiger partial charge on any atom is 0.335 e. The third-order valence-corrected chi connectivity index (χ3v) is 1.76. The second-order valence-corrected chi connectivity index (χ2v) is 2.78. The minimum atomic E-state index is -1.90. The summed E-state index contributed by atoms with van der Waals surface area (Å²) in [6.07, 6.45) is -3.45. The van der Waals surface area contributed by atoms with Gasteiger partial charge in [-0.2, -0.15) is 0 Å². The van der Waals surface area contributed by atoms with E-state index >= 15 is 0 Å². The molecule has 0 saturated carbocycles. The molecule has 0 aliphatic heterocycles. The van der Waals surface area contributed by atoms with Crippen LogP contribution < -0.4 is 0 Å². The Labute approximate surface area is 79.2 Å². The van der Waals surface area contributed by atoms with Crippen LogP contribution in [-0.4, -0.2) is 27.4 Å². The second-order valence-electron chi connectivity index (χ2n) is 2.78. The summed E-state index contributed by atoms with van der Waals surface area (Å²) in [4.78, 5) is 10.3. The molecule has 5 heteroatoms. The van der Waals surface area contributed by atoms with Crippen molar-refractivity contribution in [2.24, 2.45) is 0 Å². The summed E-state index contributed by atoms with van der Waals surface area (Å²) in [5, 5.41) is 26.7. The molecular formula is C9H9FO4. The zero-order chi connectivity index (χ0) is 10.7. The third kappa shape index (κ3) is 2.27. The average Bonchev–Trinajstić information content (AvgIpc) is 2.16. The highest BCUT2D eigenvalue weighted by Crippen LogP contribution is 2.17. The summed E-state index contributed by atoms with van der Waals surface area (Å²) in [7, 11) is 0. The minimum absolute atomic E-state index is 0.154. The molecule has 76 valence electrons. The highest BCUT2D eigenvalue weighted by molar-refractivity contribution is 5.73. The van der Waals surface area contributed by atoms with Gasteiger partial charge in [-0.3, -0.25) is 0 Å². The third-order valence-electron chi connectivity index (χ3n) is 1.76. The first-order valence-corrected chi connectivity index (χ1v) is 3.87. The number of carboxylic acid groups (broad SMARTS) is 1. The van der Waals surface area contributed by atoms with Crippen LogP contribution in [0, 0.1) is 5.82 Å². The molecule has 0 fully saturated rings. The van der Waals surface area contributed by atoms with Crippen LogP contribution in [0.15, 0.2) is 24.3 Å². The summed E-state index contributed by atoms with van der Waals surface area (Å²) in [5.74, 6) is -2.02. The zero-order valence-electron chi connectivity index (χ0n) is 7.09. The number of hydrogen-bond donors (Lipinski definition) is 3. The first-order valence-electron chi connectivity index (χ1n) is 3.87. The number of benzene rings is 1. The van der Waals surface area contributed by atoms with Gasteiger partial charge in [0.2, 0.25) is 0 Å². The SMILES string of the molecule is O=C(O)[C@H](O)[C@@H](O)c1ccc(F)cc1. The number of aliphatic hydroxyl groups excluding tert-OH is 2. The maximum atomic E-state index is 12.4. The van der Waals surface area contributed by atoms with Crippen molar-refractivity contribution in [1.29, 1.82) is 0 Å². The van der Waals surface area contributed by atoms with E-state index in [0.29, 0.717) is 0 Å². The van der Waals surface area contributed by atoms with Crippen molar-refractivity contribution in [2.45, 2.75) is 12.2 Å². The zero-order valence-corrected chi connectivity index (χ0v) is 7.09. The van der Waals surface area contributed by atoms with Crippen LogP contribution >= 0.6 is 0 Å². The summed E-state index contributed by atoms with van der Waals surface area (Å²) in [6.45, 7) is 0. The van der Waals surface area contributed by atoms with E-state index < -0.39 is 24.0 Å². The predicted octanol–water partition coefficient (Wildman–Crippen LogP) is 0.305. The van der Waals surface area contributed by atoms with Gasteiger partial charge < -0.3 is 15.3 Å². The van der Waals surface area contributed by atoms with Crippen molar-refractivity contribution in [3.05, 3.63) is 35.6 Å². The Morgan fingerprint density at radius 3 is 2.14 bits per heavy atom. The van der Waals surface area contributed by atoms with E-state index in [1.165, 1.54) is 12.1 Å². The highest BCUT2D eigenvalue weighted by Gasteiger charge is 2.24. The number of halogens is 1. The molecule has 0 bridgehead atoms. The van der Waals surface area contributed by atoms with Crippen molar-refractivity contribution < 1.29 is 24.5 Å². The largest absolute Gasteiger partial charge is 0.479 e. The fraction of sp³-hybridized carbons (Fsp3) is 0.222. The van der Waals surface area contributed by atoms with E-state index in [2.05, 4.69) is 0 Å². The van der Waals surface area contributed by atoms with Gasteiger partial charge in [-0.15, -0.1) is 0 Å². The molecule has 0 heterocycles. The van der Waals surface area contributed by atoms with Crippen LogP contribution in [0.4, 0.5) is 4.39 Å². The Balaban J connectivity index is 2.84. The summed E-state index contributed by atoms with van der Waals surface area (Å²) in [5.41, 5.74) is 0.154. The van der Waals surface area contributed by atoms with Crippen LogP contribution in [0.2, 0.25) is 0 Å². The number of carboxylic acids is 1. The first kappa shape index (κ1) is 10.6. The molecular weight excluding hydrogens is 191 g/mol. The van der Waals surface area contributed by atoms with Gasteiger partial charge in [0.05, 0.1) is 0 Å². The standard InChI is InChI=1S/C9H9FO4/c10-6-3-1-5(2-4-6)7(11)8(12)9(13)14/h1-4,7-8,11-12H,(H,13,14)/t7-,8+/m0/s1. The molecule has 0 aliphatic carbocycles. The molecule has 0 radical (unpaired) electrons. The Hall–Kier alpha value is -1.46. The second kappa shape index (κ2) is 4.17. The quantitative estimate of drug-likeness (QED) is 0.656. The monoisotopic (exact) mass is 200 g/mol. The molecule has 0 aromatic heterocycles. The van der Waals surface area contributed by atoms with Gasteiger partial charge in [0, 0.05) is 0 Å². The van der Waals surface area contributed by atoms with Crippen LogP contribution in [0.25, 0.3) is 0 Å². The van der Waals surface area contributed by atoms with Crippen LogP contribution in [0.1, 0.15) is 11.7 Å². The topological polar surface area (TPSA) is 77.8 Å². The lowest BCUT2D eigenvalue weighted by atomic mass is 10.0. The number of aliphatic carboxylic acids is 1. The van der Waals surface area contributed by atoms with E-state index in [-0.39, 0.29) is 5.56 Å². The average molecular weight is 200 g/mol. The molecule has 0 amide bonds. The van der Waals surface area contributed by atoms with Crippen molar-refractivity contribution in [1.82, 2.24) is 0 Å². The van der Waals surface area contributed by atoms with E-state index in [0.717, 1.165) is 12.1 Å². The summed E-state index contributed by atoms with van der Waals surface area (Å²) in [6, 6.07) is 4.58. The van der Waals surface area contributed by atoms with Crippen LogP contribution in [0.3, 0.4) is 0 Å². The Kier molecular flexibility index (Phi) is 3.16. The van der Waals surface area contributed by atoms with Gasteiger partial charge in [-0.05, 0) is 17.7 Å². The molecule has 0 unspecified atom stereocenters. The number of hydrogen-bond acceptors (Lipinski definition) is 3. The van der Waals surface area contributed by atoms with Crippen LogP contribution in [0.5, 0.6) is 0 Å². The van der Waals surface area contributed by atoms with Crippen molar-refractivity contribution in [3.63, 3.8) is 0 Å². The van der Waals surface area contributed by atoms with Gasteiger partial charge in [-0.1, -0.05) is 12.1 Å². The van der Waals surface area contributed by atoms with Gasteiger partial charge in [-0.25, -0.2) is 9.18 Å². The molecule has 2 atom stereocenters. The number of carbonyl (C=O) groups is 1. The molecule has 0 aliphatic rings. The van der Waals surface area contributed by atoms with Crippen LogP contribution in [-0.2, 0) is 4.79 Å². The molecule has 1 rings (SSSR count). The van der Waals surface area contributed by atoms with Gasteiger partial charge >= 0.3 is 5.97 Å². The minimum Gasteiger partial charge on any atom is -0.479 e. The molecule has 0 saturated heterocycles. The fourth-order valence-electron chi connectivity index (χ4n) is 0.977. The lowest BCUT2D eigenvalue weighted by Gasteiger charge is -2.13. The number of rotatable bonds is 3. The lowest BCUT2D eigenvalue weighted by molar-refractivity contribution is -0.153. The maximum absolute atomic E-state index is 12.4. The molecule has 14 heavy (non-hydrogen) atoms. The normalized spacial score (nSPS) is 14.8. The van der Waals surface area contributed by atoms with Crippen molar-refractivity contribution >= 4 is 5.97 Å². The number of aliphatic hydroxyl groups is 2. The lowest BCUT2D eigenvalue weighted by Crippen LogP contribution is -2.27. The van der Waals surface area contributed by atoms with E-state index in [1.54, 1.807) is 0 Å². The molecule has 0 spiro atoms. The van der Waals surface area contributed by atoms with E-state index in [1.807, 2.05) is 0 Å². The Morgan fingerprint density at radius 2 is 1.71 bits per heavy atom. The van der Waals surface area contributed by atoms with Gasteiger partial charge in [0.15, 0.2) is 6.10 Å². The smallest absolute Gasteiger partial charge is 0.335 e. The van der Waals surface area contributed by atoms with Gasteiger partial charge in [0.1, 0.15) is 11.9 Å². The molecule has 1 aromatic rings. The van der Waals surface area contributed by atoms with E-state index in [4.69, 9.17) is 10.2 Å². The molecule has 1 aromatic carbocycles. The van der Waals surface area contributed by atoms with Crippen molar-refractivity contribution in [3.8, 4) is 0 Å². The van der Waals surface area contributed by atoms with E-state index in [9.17, 15) is 14.3 Å². The molecule has 3 N–H and O–H groups in total. The predicted molar refractivity (Wildman–Crippen MR) is 45.0 cm³/mol. The summed E-state index contributed by atoms with van der Waals surface area (Å²) < 4.78 is 12.4. The van der Waals surface area contributed by atoms with Gasteiger partial charge in [0.25, 0.3) is 0 Å². The van der Waals surface area contributed by atoms with Crippen molar-refractivity contribution in [2.75, 3.05) is 0 Å². The Morgan fingerprint density at radius 1 is 1.21 bits per heavy atom. The molecule has 4 nitrogen and oxygen atoms in total. The summed E-state index contributed by atoms with van der Waals surface area (Å²) >= 11 is 0. The first-order chi connectivity index (χ1) is 6.52. The fourth-order valence-corrected chi connectivity index (χ4v) is 0.977. The highest BCUT2D eigenvalue weighted by atomic mass is 19.1.